The Morgan fingerprint density at radius 1 is 1.27 bits per heavy atom. The Balaban J connectivity index is 0.00000441. The van der Waals surface area contributed by atoms with E-state index in [-0.39, 0.29) is 24.0 Å². The highest BCUT2D eigenvalue weighted by atomic mass is 127. The summed E-state index contributed by atoms with van der Waals surface area (Å²) in [5.41, 5.74) is 0. The van der Waals surface area contributed by atoms with Crippen molar-refractivity contribution in [3.63, 3.8) is 0 Å². The summed E-state index contributed by atoms with van der Waals surface area (Å²) < 4.78 is 0. The van der Waals surface area contributed by atoms with Gasteiger partial charge in [0, 0.05) is 26.2 Å². The zero-order valence-corrected chi connectivity index (χ0v) is 17.6. The maximum Gasteiger partial charge on any atom is 0.193 e. The molecule has 0 amide bonds. The van der Waals surface area contributed by atoms with Gasteiger partial charge < -0.3 is 15.1 Å². The second-order valence-corrected chi connectivity index (χ2v) is 6.46. The van der Waals surface area contributed by atoms with Gasteiger partial charge in [0.1, 0.15) is 0 Å². The molecule has 1 N–H and O–H groups in total. The molecule has 22 heavy (non-hydrogen) atoms. The predicted octanol–water partition coefficient (Wildman–Crippen LogP) is 3.28. The summed E-state index contributed by atoms with van der Waals surface area (Å²) in [6.45, 7) is 12.2. The first-order chi connectivity index (χ1) is 10.1. The van der Waals surface area contributed by atoms with Gasteiger partial charge in [-0.05, 0) is 52.2 Å². The number of likely N-dealkylation sites (tertiary alicyclic amines) is 1. The van der Waals surface area contributed by atoms with Gasteiger partial charge in [-0.25, -0.2) is 0 Å². The Hall–Kier alpha value is -0.0400. The van der Waals surface area contributed by atoms with Crippen molar-refractivity contribution in [1.82, 2.24) is 15.1 Å². The predicted molar refractivity (Wildman–Crippen MR) is 108 cm³/mol. The molecule has 0 spiro atoms. The molecule has 0 aliphatic carbocycles. The van der Waals surface area contributed by atoms with Crippen LogP contribution in [0.3, 0.4) is 0 Å². The summed E-state index contributed by atoms with van der Waals surface area (Å²) in [5.74, 6) is 2.86. The van der Waals surface area contributed by atoms with Gasteiger partial charge in [0.25, 0.3) is 0 Å². The van der Waals surface area contributed by atoms with Crippen LogP contribution in [0.4, 0.5) is 0 Å². The van der Waals surface area contributed by atoms with Gasteiger partial charge in [-0.15, -0.1) is 24.0 Å². The van der Waals surface area contributed by atoms with E-state index in [1.807, 2.05) is 0 Å². The molecule has 1 unspecified atom stereocenters. The monoisotopic (exact) mass is 424 g/mol. The molecule has 1 atom stereocenters. The van der Waals surface area contributed by atoms with Crippen molar-refractivity contribution in [2.45, 2.75) is 46.5 Å². The minimum Gasteiger partial charge on any atom is -0.357 e. The lowest BCUT2D eigenvalue weighted by Gasteiger charge is -2.24. The fourth-order valence-corrected chi connectivity index (χ4v) is 3.32. The molecule has 132 valence electrons. The van der Waals surface area contributed by atoms with E-state index in [0.717, 1.165) is 43.9 Å². The first-order valence-corrected chi connectivity index (χ1v) is 8.80. The van der Waals surface area contributed by atoms with Gasteiger partial charge in [0.2, 0.25) is 0 Å². The van der Waals surface area contributed by atoms with Crippen LogP contribution in [0.25, 0.3) is 0 Å². The molecule has 0 aromatic rings. The van der Waals surface area contributed by atoms with Crippen LogP contribution in [0, 0.1) is 11.8 Å². The topological polar surface area (TPSA) is 30.9 Å². The van der Waals surface area contributed by atoms with Crippen LogP contribution < -0.4 is 5.32 Å². The number of nitrogens with zero attached hydrogens (tertiary/aromatic N) is 3. The van der Waals surface area contributed by atoms with Crippen molar-refractivity contribution >= 4 is 29.9 Å². The summed E-state index contributed by atoms with van der Waals surface area (Å²) in [7, 11) is 4.24. The molecule has 0 saturated carbocycles. The molecule has 0 radical (unpaired) electrons. The largest absolute Gasteiger partial charge is 0.357 e. The van der Waals surface area contributed by atoms with Crippen molar-refractivity contribution in [3.05, 3.63) is 0 Å². The minimum atomic E-state index is 0. The number of guanidine groups is 1. The molecular formula is C17H37IN4. The molecule has 0 aromatic heterocycles. The summed E-state index contributed by atoms with van der Waals surface area (Å²) in [6, 6.07) is 0. The number of halogens is 1. The molecule has 5 heteroatoms. The average molecular weight is 424 g/mol. The molecule has 1 saturated heterocycles. The molecule has 0 aromatic carbocycles. The highest BCUT2D eigenvalue weighted by molar-refractivity contribution is 14.0. The Bertz CT molecular complexity index is 303. The van der Waals surface area contributed by atoms with Crippen molar-refractivity contribution in [2.24, 2.45) is 16.8 Å². The summed E-state index contributed by atoms with van der Waals surface area (Å²) in [4.78, 5) is 9.52. The highest BCUT2D eigenvalue weighted by Gasteiger charge is 2.29. The van der Waals surface area contributed by atoms with Crippen LogP contribution in [0.15, 0.2) is 4.99 Å². The average Bonchev–Trinajstić information content (AvgIpc) is 2.93. The molecule has 0 bridgehead atoms. The van der Waals surface area contributed by atoms with E-state index in [9.17, 15) is 0 Å². The van der Waals surface area contributed by atoms with Crippen molar-refractivity contribution in [1.29, 1.82) is 0 Å². The van der Waals surface area contributed by atoms with Gasteiger partial charge in [-0.3, -0.25) is 4.99 Å². The Morgan fingerprint density at radius 3 is 2.50 bits per heavy atom. The van der Waals surface area contributed by atoms with E-state index in [1.165, 1.54) is 32.4 Å². The number of nitrogens with one attached hydrogen (secondary N) is 1. The van der Waals surface area contributed by atoms with E-state index in [4.69, 9.17) is 4.99 Å². The molecule has 1 aliphatic rings. The van der Waals surface area contributed by atoms with Crippen LogP contribution in [0.1, 0.15) is 46.5 Å². The molecule has 1 fully saturated rings. The Kier molecular flexibility index (Phi) is 12.4. The smallest absolute Gasteiger partial charge is 0.193 e. The lowest BCUT2D eigenvalue weighted by molar-refractivity contribution is 0.319. The third-order valence-electron chi connectivity index (χ3n) is 4.60. The minimum absolute atomic E-state index is 0. The summed E-state index contributed by atoms with van der Waals surface area (Å²) in [5, 5.41) is 3.47. The van der Waals surface area contributed by atoms with Crippen LogP contribution in [-0.4, -0.2) is 62.6 Å². The van der Waals surface area contributed by atoms with E-state index in [2.05, 4.69) is 50.0 Å². The third kappa shape index (κ3) is 7.49. The van der Waals surface area contributed by atoms with E-state index in [1.54, 1.807) is 0 Å². The maximum atomic E-state index is 4.82. The van der Waals surface area contributed by atoms with E-state index in [0.29, 0.717) is 0 Å². The van der Waals surface area contributed by atoms with Crippen molar-refractivity contribution in [2.75, 3.05) is 46.8 Å². The lowest BCUT2D eigenvalue weighted by Crippen LogP contribution is -2.40. The Morgan fingerprint density at radius 2 is 1.95 bits per heavy atom. The zero-order chi connectivity index (χ0) is 15.7. The molecule has 1 rings (SSSR count). The fraction of sp³-hybridized carbons (Fsp3) is 0.941. The SMILES string of the molecule is CCNC(=NCCCN(C)C)N1CCC(C(CC)CC)C1.I. The van der Waals surface area contributed by atoms with Crippen LogP contribution in [0.2, 0.25) is 0 Å². The number of hydrogen-bond acceptors (Lipinski definition) is 2. The second-order valence-electron chi connectivity index (χ2n) is 6.46. The van der Waals surface area contributed by atoms with Crippen LogP contribution >= 0.6 is 24.0 Å². The molecule has 1 aliphatic heterocycles. The number of rotatable bonds is 8. The molecular weight excluding hydrogens is 387 g/mol. The van der Waals surface area contributed by atoms with Gasteiger partial charge in [0.05, 0.1) is 0 Å². The first kappa shape index (κ1) is 22.0. The maximum absolute atomic E-state index is 4.82. The summed E-state index contributed by atoms with van der Waals surface area (Å²) >= 11 is 0. The van der Waals surface area contributed by atoms with E-state index >= 15 is 0 Å². The van der Waals surface area contributed by atoms with Gasteiger partial charge in [0.15, 0.2) is 5.96 Å². The standard InChI is InChI=1S/C17H36N4.HI/c1-6-15(7-2)16-10-13-21(14-16)17(18-8-3)19-11-9-12-20(4)5;/h15-16H,6-14H2,1-5H3,(H,18,19);1H. The van der Waals surface area contributed by atoms with Crippen molar-refractivity contribution < 1.29 is 0 Å². The Labute approximate surface area is 155 Å². The van der Waals surface area contributed by atoms with Crippen molar-refractivity contribution in [3.8, 4) is 0 Å². The fourth-order valence-electron chi connectivity index (χ4n) is 3.32. The molecule has 1 heterocycles. The second kappa shape index (κ2) is 12.4. The quantitative estimate of drug-likeness (QED) is 0.281. The summed E-state index contributed by atoms with van der Waals surface area (Å²) in [6.07, 6.45) is 5.08. The van der Waals surface area contributed by atoms with Gasteiger partial charge in [-0.1, -0.05) is 26.7 Å². The lowest BCUT2D eigenvalue weighted by atomic mass is 9.87. The van der Waals surface area contributed by atoms with Crippen LogP contribution in [-0.2, 0) is 0 Å². The van der Waals surface area contributed by atoms with E-state index < -0.39 is 0 Å². The first-order valence-electron chi connectivity index (χ1n) is 8.80. The van der Waals surface area contributed by atoms with Gasteiger partial charge >= 0.3 is 0 Å². The zero-order valence-electron chi connectivity index (χ0n) is 15.3. The molecule has 4 nitrogen and oxygen atoms in total. The van der Waals surface area contributed by atoms with Crippen LogP contribution in [0.5, 0.6) is 0 Å². The third-order valence-corrected chi connectivity index (χ3v) is 4.60. The highest BCUT2D eigenvalue weighted by Crippen LogP contribution is 2.28. The number of aliphatic imine (C=N–C) groups is 1. The normalized spacial score (nSPS) is 19.0. The van der Waals surface area contributed by atoms with Gasteiger partial charge in [-0.2, -0.15) is 0 Å². The number of hydrogen-bond donors (Lipinski definition) is 1.